The number of hydrogen-bond donors (Lipinski definition) is 0. The van der Waals surface area contributed by atoms with Crippen LogP contribution in [0, 0.1) is 0 Å². The van der Waals surface area contributed by atoms with Crippen LogP contribution in [0.4, 0.5) is 0 Å². The SMILES string of the molecule is O=CC(Cl)Cc1cccc(Br)c1. The molecule has 0 aromatic heterocycles. The molecule has 1 nitrogen and oxygen atoms in total. The van der Waals surface area contributed by atoms with E-state index < -0.39 is 5.38 Å². The summed E-state index contributed by atoms with van der Waals surface area (Å²) in [7, 11) is 0. The van der Waals surface area contributed by atoms with Crippen LogP contribution in [0.2, 0.25) is 0 Å². The van der Waals surface area contributed by atoms with Crippen molar-refractivity contribution in [3.8, 4) is 0 Å². The van der Waals surface area contributed by atoms with Gasteiger partial charge in [-0.2, -0.15) is 0 Å². The van der Waals surface area contributed by atoms with Crippen molar-refractivity contribution >= 4 is 33.8 Å². The van der Waals surface area contributed by atoms with Crippen LogP contribution in [-0.2, 0) is 11.2 Å². The van der Waals surface area contributed by atoms with E-state index in [2.05, 4.69) is 15.9 Å². The van der Waals surface area contributed by atoms with Crippen LogP contribution in [0.3, 0.4) is 0 Å². The molecule has 1 rings (SSSR count). The molecule has 64 valence electrons. The van der Waals surface area contributed by atoms with Gasteiger partial charge in [0.2, 0.25) is 0 Å². The largest absolute Gasteiger partial charge is 0.302 e. The van der Waals surface area contributed by atoms with Crippen LogP contribution >= 0.6 is 27.5 Å². The van der Waals surface area contributed by atoms with Crippen molar-refractivity contribution in [1.82, 2.24) is 0 Å². The predicted octanol–water partition coefficient (Wildman–Crippen LogP) is 2.80. The number of rotatable bonds is 3. The molecule has 0 heterocycles. The van der Waals surface area contributed by atoms with Gasteiger partial charge >= 0.3 is 0 Å². The van der Waals surface area contributed by atoms with Crippen LogP contribution in [-0.4, -0.2) is 11.7 Å². The van der Waals surface area contributed by atoms with Gasteiger partial charge in [0.05, 0.1) is 5.38 Å². The zero-order chi connectivity index (χ0) is 8.97. The van der Waals surface area contributed by atoms with Crippen LogP contribution in [0.15, 0.2) is 28.7 Å². The number of benzene rings is 1. The molecule has 0 amide bonds. The molecule has 1 atom stereocenters. The summed E-state index contributed by atoms with van der Waals surface area (Å²) in [5, 5.41) is -0.417. The lowest BCUT2D eigenvalue weighted by Crippen LogP contribution is -2.03. The average Bonchev–Trinajstić information content (AvgIpc) is 2.04. The van der Waals surface area contributed by atoms with Crippen LogP contribution in [0.1, 0.15) is 5.56 Å². The fourth-order valence-electron chi connectivity index (χ4n) is 0.937. The first kappa shape index (κ1) is 9.75. The number of aldehydes is 1. The van der Waals surface area contributed by atoms with Crippen molar-refractivity contribution in [3.05, 3.63) is 34.3 Å². The Morgan fingerprint density at radius 2 is 2.33 bits per heavy atom. The Kier molecular flexibility index (Phi) is 3.76. The molecule has 0 fully saturated rings. The molecule has 1 aromatic rings. The summed E-state index contributed by atoms with van der Waals surface area (Å²) in [6.07, 6.45) is 1.34. The van der Waals surface area contributed by atoms with E-state index in [1.165, 1.54) is 0 Å². The van der Waals surface area contributed by atoms with Crippen molar-refractivity contribution in [2.75, 3.05) is 0 Å². The van der Waals surface area contributed by atoms with E-state index in [0.717, 1.165) is 16.3 Å². The highest BCUT2D eigenvalue weighted by Gasteiger charge is 2.03. The summed E-state index contributed by atoms with van der Waals surface area (Å²) in [6, 6.07) is 7.77. The second kappa shape index (κ2) is 4.63. The molecule has 0 spiro atoms. The standard InChI is InChI=1S/C9H8BrClO/c10-8-3-1-2-7(4-8)5-9(11)6-12/h1-4,6,9H,5H2. The summed E-state index contributed by atoms with van der Waals surface area (Å²) in [4.78, 5) is 10.3. The molecule has 0 bridgehead atoms. The maximum Gasteiger partial charge on any atom is 0.138 e. The smallest absolute Gasteiger partial charge is 0.138 e. The molecular weight excluding hydrogens is 239 g/mol. The van der Waals surface area contributed by atoms with Gasteiger partial charge in [0.1, 0.15) is 6.29 Å². The van der Waals surface area contributed by atoms with Crippen molar-refractivity contribution in [1.29, 1.82) is 0 Å². The maximum absolute atomic E-state index is 10.3. The zero-order valence-corrected chi connectivity index (χ0v) is 8.68. The third kappa shape index (κ3) is 2.95. The third-order valence-corrected chi connectivity index (χ3v) is 2.22. The van der Waals surface area contributed by atoms with E-state index >= 15 is 0 Å². The molecule has 0 N–H and O–H groups in total. The number of halogens is 2. The Balaban J connectivity index is 2.69. The number of carbonyl (C=O) groups excluding carboxylic acids is 1. The first-order chi connectivity index (χ1) is 5.72. The Morgan fingerprint density at radius 1 is 1.58 bits per heavy atom. The fraction of sp³-hybridized carbons (Fsp3) is 0.222. The highest BCUT2D eigenvalue weighted by Crippen LogP contribution is 2.13. The Morgan fingerprint density at radius 3 is 2.92 bits per heavy atom. The highest BCUT2D eigenvalue weighted by molar-refractivity contribution is 9.10. The van der Waals surface area contributed by atoms with E-state index in [-0.39, 0.29) is 0 Å². The van der Waals surface area contributed by atoms with Crippen molar-refractivity contribution in [2.45, 2.75) is 11.8 Å². The Bertz CT molecular complexity index is 275. The van der Waals surface area contributed by atoms with Gasteiger partial charge in [-0.05, 0) is 24.1 Å². The second-order valence-corrected chi connectivity index (χ2v) is 3.96. The fourth-order valence-corrected chi connectivity index (χ4v) is 1.56. The molecule has 1 aromatic carbocycles. The molecule has 3 heteroatoms. The van der Waals surface area contributed by atoms with E-state index in [1.54, 1.807) is 0 Å². The van der Waals surface area contributed by atoms with E-state index in [9.17, 15) is 4.79 Å². The minimum atomic E-state index is -0.417. The average molecular weight is 248 g/mol. The molecule has 0 saturated heterocycles. The lowest BCUT2D eigenvalue weighted by atomic mass is 10.1. The van der Waals surface area contributed by atoms with Gasteiger partial charge in [0.25, 0.3) is 0 Å². The lowest BCUT2D eigenvalue weighted by molar-refractivity contribution is -0.107. The van der Waals surface area contributed by atoms with Gasteiger partial charge in [-0.15, -0.1) is 11.6 Å². The summed E-state index contributed by atoms with van der Waals surface area (Å²) >= 11 is 9.01. The minimum absolute atomic E-state index is 0.417. The molecule has 0 radical (unpaired) electrons. The monoisotopic (exact) mass is 246 g/mol. The first-order valence-electron chi connectivity index (χ1n) is 3.56. The Labute approximate surface area is 84.9 Å². The quantitative estimate of drug-likeness (QED) is 0.593. The van der Waals surface area contributed by atoms with E-state index in [0.29, 0.717) is 6.42 Å². The van der Waals surface area contributed by atoms with Crippen LogP contribution in [0.25, 0.3) is 0 Å². The highest BCUT2D eigenvalue weighted by atomic mass is 79.9. The summed E-state index contributed by atoms with van der Waals surface area (Å²) in [5.41, 5.74) is 1.07. The van der Waals surface area contributed by atoms with Crippen LogP contribution in [0.5, 0.6) is 0 Å². The van der Waals surface area contributed by atoms with E-state index in [4.69, 9.17) is 11.6 Å². The van der Waals surface area contributed by atoms with Crippen molar-refractivity contribution in [3.63, 3.8) is 0 Å². The Hall–Kier alpha value is -0.340. The first-order valence-corrected chi connectivity index (χ1v) is 4.79. The third-order valence-electron chi connectivity index (χ3n) is 1.47. The minimum Gasteiger partial charge on any atom is -0.302 e. The second-order valence-electron chi connectivity index (χ2n) is 2.49. The number of hydrogen-bond acceptors (Lipinski definition) is 1. The zero-order valence-electron chi connectivity index (χ0n) is 6.34. The van der Waals surface area contributed by atoms with Crippen molar-refractivity contribution in [2.24, 2.45) is 0 Å². The van der Waals surface area contributed by atoms with Crippen LogP contribution < -0.4 is 0 Å². The summed E-state index contributed by atoms with van der Waals surface area (Å²) in [5.74, 6) is 0. The van der Waals surface area contributed by atoms with Gasteiger partial charge < -0.3 is 4.79 Å². The molecular formula is C9H8BrClO. The normalized spacial score (nSPS) is 12.5. The van der Waals surface area contributed by atoms with Gasteiger partial charge in [0.15, 0.2) is 0 Å². The molecule has 0 aliphatic rings. The van der Waals surface area contributed by atoms with Gasteiger partial charge in [0, 0.05) is 4.47 Å². The molecule has 12 heavy (non-hydrogen) atoms. The maximum atomic E-state index is 10.3. The predicted molar refractivity (Wildman–Crippen MR) is 53.6 cm³/mol. The lowest BCUT2D eigenvalue weighted by Gasteiger charge is -2.01. The number of carbonyl (C=O) groups is 1. The topological polar surface area (TPSA) is 17.1 Å². The van der Waals surface area contributed by atoms with Gasteiger partial charge in [-0.1, -0.05) is 28.1 Å². The molecule has 0 aliphatic heterocycles. The molecule has 1 unspecified atom stereocenters. The van der Waals surface area contributed by atoms with Gasteiger partial charge in [-0.25, -0.2) is 0 Å². The number of alkyl halides is 1. The van der Waals surface area contributed by atoms with E-state index in [1.807, 2.05) is 24.3 Å². The summed E-state index contributed by atoms with van der Waals surface area (Å²) < 4.78 is 1.01. The van der Waals surface area contributed by atoms with Crippen molar-refractivity contribution < 1.29 is 4.79 Å². The molecule has 0 aliphatic carbocycles. The molecule has 0 saturated carbocycles. The summed E-state index contributed by atoms with van der Waals surface area (Å²) in [6.45, 7) is 0. The van der Waals surface area contributed by atoms with Gasteiger partial charge in [-0.3, -0.25) is 0 Å².